The monoisotopic (exact) mass is 314 g/mol. The van der Waals surface area contributed by atoms with Crippen LogP contribution in [0.2, 0.25) is 0 Å². The third kappa shape index (κ3) is 3.77. The first-order chi connectivity index (χ1) is 10.1. The summed E-state index contributed by atoms with van der Waals surface area (Å²) in [5.41, 5.74) is 0. The normalized spacial score (nSPS) is 26.9. The summed E-state index contributed by atoms with van der Waals surface area (Å²) in [6.07, 6.45) is 9.14. The SMILES string of the molecule is O=C(CN1CCCS1(=O)=O)N(CC1CCCCC1)C1CC1. The maximum Gasteiger partial charge on any atom is 0.238 e. The molecule has 0 radical (unpaired) electrons. The van der Waals surface area contributed by atoms with Crippen LogP contribution in [0.3, 0.4) is 0 Å². The molecular weight excluding hydrogens is 288 g/mol. The highest BCUT2D eigenvalue weighted by atomic mass is 32.2. The van der Waals surface area contributed by atoms with Gasteiger partial charge in [-0.2, -0.15) is 4.31 Å². The van der Waals surface area contributed by atoms with Crippen molar-refractivity contribution in [3.8, 4) is 0 Å². The molecule has 0 aromatic carbocycles. The van der Waals surface area contributed by atoms with Crippen LogP contribution in [0.25, 0.3) is 0 Å². The Bertz CT molecular complexity index is 481. The maximum atomic E-state index is 12.6. The molecule has 6 heteroatoms. The van der Waals surface area contributed by atoms with Crippen LogP contribution in [0.1, 0.15) is 51.4 Å². The molecule has 2 aliphatic carbocycles. The van der Waals surface area contributed by atoms with Gasteiger partial charge in [0.15, 0.2) is 0 Å². The molecule has 3 fully saturated rings. The number of rotatable bonds is 5. The van der Waals surface area contributed by atoms with Gasteiger partial charge in [0.05, 0.1) is 12.3 Å². The second-order valence-electron chi connectivity index (χ2n) is 6.78. The molecule has 0 aromatic heterocycles. The lowest BCUT2D eigenvalue weighted by atomic mass is 9.89. The third-order valence-electron chi connectivity index (χ3n) is 5.00. The molecule has 120 valence electrons. The highest BCUT2D eigenvalue weighted by molar-refractivity contribution is 7.89. The van der Waals surface area contributed by atoms with E-state index in [1.165, 1.54) is 36.4 Å². The summed E-state index contributed by atoms with van der Waals surface area (Å²) >= 11 is 0. The number of sulfonamides is 1. The molecule has 0 spiro atoms. The first-order valence-corrected chi connectivity index (χ1v) is 9.94. The Kier molecular flexibility index (Phi) is 4.54. The fourth-order valence-electron chi connectivity index (χ4n) is 3.60. The number of carbonyl (C=O) groups is 1. The van der Waals surface area contributed by atoms with E-state index >= 15 is 0 Å². The molecule has 1 amide bonds. The predicted octanol–water partition coefficient (Wildman–Crippen LogP) is 1.59. The first-order valence-electron chi connectivity index (χ1n) is 8.33. The van der Waals surface area contributed by atoms with Crippen molar-refractivity contribution in [2.45, 2.75) is 57.4 Å². The summed E-state index contributed by atoms with van der Waals surface area (Å²) in [7, 11) is -3.17. The molecule has 1 aliphatic heterocycles. The van der Waals surface area contributed by atoms with E-state index in [9.17, 15) is 13.2 Å². The zero-order valence-electron chi connectivity index (χ0n) is 12.7. The fourth-order valence-corrected chi connectivity index (χ4v) is 5.07. The van der Waals surface area contributed by atoms with E-state index in [2.05, 4.69) is 0 Å². The van der Waals surface area contributed by atoms with Crippen molar-refractivity contribution in [2.75, 3.05) is 25.4 Å². The van der Waals surface area contributed by atoms with Crippen LogP contribution < -0.4 is 0 Å². The standard InChI is InChI=1S/C15H26N2O3S/c18-15(12-16-9-4-10-21(16,19)20)17(14-7-8-14)11-13-5-2-1-3-6-13/h13-14H,1-12H2. The minimum atomic E-state index is -3.17. The molecular formula is C15H26N2O3S. The predicted molar refractivity (Wildman–Crippen MR) is 81.3 cm³/mol. The second kappa shape index (κ2) is 6.24. The Morgan fingerprint density at radius 2 is 1.76 bits per heavy atom. The molecule has 3 aliphatic rings. The van der Waals surface area contributed by atoms with Gasteiger partial charge in [0, 0.05) is 19.1 Å². The number of amides is 1. The number of carbonyl (C=O) groups excluding carboxylic acids is 1. The van der Waals surface area contributed by atoms with Crippen molar-refractivity contribution >= 4 is 15.9 Å². The van der Waals surface area contributed by atoms with Crippen LogP contribution in [-0.4, -0.2) is 55.0 Å². The summed E-state index contributed by atoms with van der Waals surface area (Å²) in [6, 6.07) is 0.379. The van der Waals surface area contributed by atoms with E-state index < -0.39 is 10.0 Å². The number of hydrogen-bond acceptors (Lipinski definition) is 3. The Hall–Kier alpha value is -0.620. The summed E-state index contributed by atoms with van der Waals surface area (Å²) in [5, 5.41) is 0. The summed E-state index contributed by atoms with van der Waals surface area (Å²) in [4.78, 5) is 14.6. The lowest BCUT2D eigenvalue weighted by molar-refractivity contribution is -0.132. The van der Waals surface area contributed by atoms with Gasteiger partial charge in [-0.1, -0.05) is 19.3 Å². The van der Waals surface area contributed by atoms with Gasteiger partial charge in [0.1, 0.15) is 0 Å². The molecule has 1 heterocycles. The van der Waals surface area contributed by atoms with Crippen molar-refractivity contribution < 1.29 is 13.2 Å². The zero-order chi connectivity index (χ0) is 14.9. The van der Waals surface area contributed by atoms with Crippen molar-refractivity contribution in [1.82, 2.24) is 9.21 Å². The van der Waals surface area contributed by atoms with Gasteiger partial charge in [-0.05, 0) is 38.0 Å². The molecule has 5 nitrogen and oxygen atoms in total. The van der Waals surface area contributed by atoms with Crippen molar-refractivity contribution in [2.24, 2.45) is 5.92 Å². The van der Waals surface area contributed by atoms with Gasteiger partial charge in [-0.15, -0.1) is 0 Å². The van der Waals surface area contributed by atoms with Crippen LogP contribution in [0.4, 0.5) is 0 Å². The molecule has 21 heavy (non-hydrogen) atoms. The highest BCUT2D eigenvalue weighted by Crippen LogP contribution is 2.31. The van der Waals surface area contributed by atoms with Gasteiger partial charge in [0.25, 0.3) is 0 Å². The third-order valence-corrected chi connectivity index (χ3v) is 6.91. The zero-order valence-corrected chi connectivity index (χ0v) is 13.5. The fraction of sp³-hybridized carbons (Fsp3) is 0.933. The van der Waals surface area contributed by atoms with Crippen LogP contribution in [0, 0.1) is 5.92 Å². The van der Waals surface area contributed by atoms with Gasteiger partial charge < -0.3 is 4.90 Å². The van der Waals surface area contributed by atoms with Crippen LogP contribution in [-0.2, 0) is 14.8 Å². The smallest absolute Gasteiger partial charge is 0.238 e. The number of nitrogens with zero attached hydrogens (tertiary/aromatic N) is 2. The van der Waals surface area contributed by atoms with Crippen molar-refractivity contribution in [3.05, 3.63) is 0 Å². The largest absolute Gasteiger partial charge is 0.338 e. The Morgan fingerprint density at radius 1 is 1.05 bits per heavy atom. The van der Waals surface area contributed by atoms with E-state index in [4.69, 9.17) is 0 Å². The molecule has 0 unspecified atom stereocenters. The minimum absolute atomic E-state index is 0.0218. The van der Waals surface area contributed by atoms with E-state index in [1.54, 1.807) is 0 Å². The quantitative estimate of drug-likeness (QED) is 0.774. The summed E-state index contributed by atoms with van der Waals surface area (Å²) in [6.45, 7) is 1.42. The van der Waals surface area contributed by atoms with E-state index in [-0.39, 0.29) is 18.2 Å². The van der Waals surface area contributed by atoms with Gasteiger partial charge in [-0.25, -0.2) is 8.42 Å². The summed E-state index contributed by atoms with van der Waals surface area (Å²) < 4.78 is 25.1. The maximum absolute atomic E-state index is 12.6. The lowest BCUT2D eigenvalue weighted by Crippen LogP contribution is -2.44. The molecule has 2 saturated carbocycles. The summed E-state index contributed by atoms with van der Waals surface area (Å²) in [5.74, 6) is 0.846. The molecule has 3 rings (SSSR count). The van der Waals surface area contributed by atoms with Gasteiger partial charge in [-0.3, -0.25) is 4.79 Å². The minimum Gasteiger partial charge on any atom is -0.338 e. The molecule has 0 N–H and O–H groups in total. The first kappa shape index (κ1) is 15.3. The molecule has 1 saturated heterocycles. The van der Waals surface area contributed by atoms with Crippen LogP contribution in [0.15, 0.2) is 0 Å². The molecule has 0 bridgehead atoms. The number of hydrogen-bond donors (Lipinski definition) is 0. The lowest BCUT2D eigenvalue weighted by Gasteiger charge is -2.31. The molecule has 0 aromatic rings. The van der Waals surface area contributed by atoms with Crippen molar-refractivity contribution in [1.29, 1.82) is 0 Å². The van der Waals surface area contributed by atoms with E-state index in [0.717, 1.165) is 19.4 Å². The Morgan fingerprint density at radius 3 is 2.33 bits per heavy atom. The second-order valence-corrected chi connectivity index (χ2v) is 8.87. The van der Waals surface area contributed by atoms with E-state index in [1.807, 2.05) is 4.90 Å². The molecule has 0 atom stereocenters. The van der Waals surface area contributed by atoms with Gasteiger partial charge in [0.2, 0.25) is 15.9 Å². The average Bonchev–Trinajstić information content (AvgIpc) is 3.24. The van der Waals surface area contributed by atoms with E-state index in [0.29, 0.717) is 24.9 Å². The van der Waals surface area contributed by atoms with Gasteiger partial charge >= 0.3 is 0 Å². The highest BCUT2D eigenvalue weighted by Gasteiger charge is 2.37. The average molecular weight is 314 g/mol. The Labute approximate surface area is 127 Å². The van der Waals surface area contributed by atoms with Crippen molar-refractivity contribution in [3.63, 3.8) is 0 Å². The van der Waals surface area contributed by atoms with Crippen LogP contribution in [0.5, 0.6) is 0 Å². The van der Waals surface area contributed by atoms with Crippen LogP contribution >= 0.6 is 0 Å². The topological polar surface area (TPSA) is 57.7 Å². The Balaban J connectivity index is 1.59.